The predicted octanol–water partition coefficient (Wildman–Crippen LogP) is 4.96. The highest BCUT2D eigenvalue weighted by Gasteiger charge is 2.20. The number of hydrogen-bond acceptors (Lipinski definition) is 5. The minimum Gasteiger partial charge on any atom is -0.457 e. The summed E-state index contributed by atoms with van der Waals surface area (Å²) in [6, 6.07) is 23.9. The van der Waals surface area contributed by atoms with E-state index in [0.29, 0.717) is 34.0 Å². The Balaban J connectivity index is 1.71. The molecule has 1 N–H and O–H groups in total. The summed E-state index contributed by atoms with van der Waals surface area (Å²) >= 11 is 1.23. The van der Waals surface area contributed by atoms with Gasteiger partial charge in [0.2, 0.25) is 5.91 Å². The van der Waals surface area contributed by atoms with E-state index >= 15 is 0 Å². The van der Waals surface area contributed by atoms with Crippen molar-refractivity contribution in [2.75, 3.05) is 6.54 Å². The number of nitrogens with zero attached hydrogens (tertiary/aromatic N) is 2. The van der Waals surface area contributed by atoms with Crippen molar-refractivity contribution in [3.8, 4) is 17.2 Å². The summed E-state index contributed by atoms with van der Waals surface area (Å²) in [4.78, 5) is 30.5. The number of amides is 1. The summed E-state index contributed by atoms with van der Waals surface area (Å²) in [5.41, 5.74) is 1.03. The number of rotatable bonds is 8. The summed E-state index contributed by atoms with van der Waals surface area (Å²) in [5, 5.41) is 3.28. The Bertz CT molecular complexity index is 1330. The largest absolute Gasteiger partial charge is 0.457 e. The molecule has 0 fully saturated rings. The Labute approximate surface area is 195 Å². The highest BCUT2D eigenvalue weighted by molar-refractivity contribution is 8.00. The Morgan fingerprint density at radius 2 is 1.73 bits per heavy atom. The van der Waals surface area contributed by atoms with Gasteiger partial charge in [0, 0.05) is 6.54 Å². The number of para-hydroxylation sites is 2. The molecule has 0 aliphatic rings. The van der Waals surface area contributed by atoms with Crippen LogP contribution in [0.5, 0.6) is 11.5 Å². The van der Waals surface area contributed by atoms with Gasteiger partial charge in [0.1, 0.15) is 11.5 Å². The van der Waals surface area contributed by atoms with Crippen LogP contribution in [0.4, 0.5) is 0 Å². The molecular weight excluding hydrogens is 434 g/mol. The first kappa shape index (κ1) is 22.4. The maximum atomic E-state index is 13.4. The van der Waals surface area contributed by atoms with E-state index in [1.807, 2.05) is 54.6 Å². The van der Waals surface area contributed by atoms with E-state index in [-0.39, 0.29) is 11.5 Å². The van der Waals surface area contributed by atoms with Crippen LogP contribution in [0.2, 0.25) is 0 Å². The van der Waals surface area contributed by atoms with E-state index in [4.69, 9.17) is 9.72 Å². The molecule has 1 atom stereocenters. The van der Waals surface area contributed by atoms with Crippen molar-refractivity contribution in [2.45, 2.75) is 17.3 Å². The van der Waals surface area contributed by atoms with E-state index in [2.05, 4.69) is 11.9 Å². The van der Waals surface area contributed by atoms with Crippen LogP contribution in [-0.4, -0.2) is 27.3 Å². The Morgan fingerprint density at radius 3 is 2.45 bits per heavy atom. The molecule has 0 saturated carbocycles. The molecule has 0 aliphatic carbocycles. The van der Waals surface area contributed by atoms with Crippen molar-refractivity contribution in [2.24, 2.45) is 0 Å². The molecule has 4 aromatic rings. The van der Waals surface area contributed by atoms with Gasteiger partial charge in [-0.2, -0.15) is 0 Å². The van der Waals surface area contributed by atoms with Crippen molar-refractivity contribution < 1.29 is 9.53 Å². The number of hydrogen-bond donors (Lipinski definition) is 1. The van der Waals surface area contributed by atoms with Gasteiger partial charge in [-0.3, -0.25) is 14.2 Å². The lowest BCUT2D eigenvalue weighted by molar-refractivity contribution is -0.120. The highest BCUT2D eigenvalue weighted by Crippen LogP contribution is 2.27. The van der Waals surface area contributed by atoms with Crippen molar-refractivity contribution in [3.05, 3.63) is 102 Å². The Morgan fingerprint density at radius 1 is 1.06 bits per heavy atom. The number of nitrogens with one attached hydrogen (secondary N) is 1. The monoisotopic (exact) mass is 457 g/mol. The predicted molar refractivity (Wildman–Crippen MR) is 132 cm³/mol. The molecule has 0 bridgehead atoms. The lowest BCUT2D eigenvalue weighted by atomic mass is 10.2. The van der Waals surface area contributed by atoms with Gasteiger partial charge in [-0.25, -0.2) is 4.98 Å². The molecule has 1 amide bonds. The summed E-state index contributed by atoms with van der Waals surface area (Å²) in [6.07, 6.45) is 1.62. The van der Waals surface area contributed by atoms with E-state index < -0.39 is 5.25 Å². The fourth-order valence-electron chi connectivity index (χ4n) is 3.24. The van der Waals surface area contributed by atoms with Crippen molar-refractivity contribution in [1.29, 1.82) is 0 Å². The quantitative estimate of drug-likeness (QED) is 0.230. The standard InChI is InChI=1S/C26H23N3O3S/c1-3-17-27-24(30)18(2)33-26-28-23-12-8-7-11-22(23)25(31)29(26)19-13-15-21(16-14-19)32-20-9-5-4-6-10-20/h3-16,18H,1,17H2,2H3,(H,27,30). The Kier molecular flexibility index (Phi) is 6.90. The van der Waals surface area contributed by atoms with Crippen molar-refractivity contribution in [3.63, 3.8) is 0 Å². The van der Waals surface area contributed by atoms with Gasteiger partial charge in [-0.1, -0.05) is 48.2 Å². The first-order valence-corrected chi connectivity index (χ1v) is 11.3. The second kappa shape index (κ2) is 10.2. The molecule has 6 nitrogen and oxygen atoms in total. The smallest absolute Gasteiger partial charge is 0.266 e. The molecule has 33 heavy (non-hydrogen) atoms. The van der Waals surface area contributed by atoms with Crippen LogP contribution in [0.3, 0.4) is 0 Å². The maximum absolute atomic E-state index is 13.4. The molecule has 166 valence electrons. The number of ether oxygens (including phenoxy) is 1. The zero-order valence-corrected chi connectivity index (χ0v) is 18.9. The lowest BCUT2D eigenvalue weighted by Crippen LogP contribution is -2.32. The van der Waals surface area contributed by atoms with Crippen molar-refractivity contribution >= 4 is 28.6 Å². The summed E-state index contributed by atoms with van der Waals surface area (Å²) in [6.45, 7) is 5.78. The van der Waals surface area contributed by atoms with E-state index in [1.165, 1.54) is 16.3 Å². The third kappa shape index (κ3) is 5.15. The van der Waals surface area contributed by atoms with Crippen LogP contribution < -0.4 is 15.6 Å². The number of benzene rings is 3. The van der Waals surface area contributed by atoms with E-state index in [0.717, 1.165) is 5.75 Å². The lowest BCUT2D eigenvalue weighted by Gasteiger charge is -2.16. The van der Waals surface area contributed by atoms with Gasteiger partial charge in [0.25, 0.3) is 5.56 Å². The molecule has 0 aliphatic heterocycles. The van der Waals surface area contributed by atoms with Crippen molar-refractivity contribution in [1.82, 2.24) is 14.9 Å². The van der Waals surface area contributed by atoms with Crippen LogP contribution in [0.1, 0.15) is 6.92 Å². The normalized spacial score (nSPS) is 11.7. The maximum Gasteiger partial charge on any atom is 0.266 e. The van der Waals surface area contributed by atoms with E-state index in [9.17, 15) is 9.59 Å². The average Bonchev–Trinajstić information content (AvgIpc) is 2.84. The molecule has 1 aromatic heterocycles. The number of fused-ring (bicyclic) bond motifs is 1. The summed E-state index contributed by atoms with van der Waals surface area (Å²) in [5.74, 6) is 1.23. The third-order valence-electron chi connectivity index (χ3n) is 4.89. The van der Waals surface area contributed by atoms with Gasteiger partial charge >= 0.3 is 0 Å². The number of carbonyl (C=O) groups excluding carboxylic acids is 1. The van der Waals surface area contributed by atoms with Gasteiger partial charge in [-0.05, 0) is 55.5 Å². The zero-order valence-electron chi connectivity index (χ0n) is 18.1. The minimum absolute atomic E-state index is 0.152. The summed E-state index contributed by atoms with van der Waals surface area (Å²) < 4.78 is 7.40. The SMILES string of the molecule is C=CCNC(=O)C(C)Sc1nc2ccccc2c(=O)n1-c1ccc(Oc2ccccc2)cc1. The molecule has 1 unspecified atom stereocenters. The molecule has 0 spiro atoms. The fourth-order valence-corrected chi connectivity index (χ4v) is 4.19. The van der Waals surface area contributed by atoms with Crippen LogP contribution >= 0.6 is 11.8 Å². The number of aromatic nitrogens is 2. The van der Waals surface area contributed by atoms with Crippen LogP contribution in [0.25, 0.3) is 16.6 Å². The zero-order chi connectivity index (χ0) is 23.2. The average molecular weight is 458 g/mol. The Hall–Kier alpha value is -3.84. The molecule has 4 rings (SSSR count). The number of thioether (sulfide) groups is 1. The van der Waals surface area contributed by atoms with Gasteiger partial charge in [0.15, 0.2) is 5.16 Å². The highest BCUT2D eigenvalue weighted by atomic mass is 32.2. The minimum atomic E-state index is -0.454. The third-order valence-corrected chi connectivity index (χ3v) is 5.94. The molecule has 1 heterocycles. The fraction of sp³-hybridized carbons (Fsp3) is 0.115. The molecular formula is C26H23N3O3S. The molecule has 0 radical (unpaired) electrons. The number of carbonyl (C=O) groups is 1. The van der Waals surface area contributed by atoms with Crippen LogP contribution in [-0.2, 0) is 4.79 Å². The summed E-state index contributed by atoms with van der Waals surface area (Å²) in [7, 11) is 0. The molecule has 7 heteroatoms. The first-order chi connectivity index (χ1) is 16.1. The second-order valence-electron chi connectivity index (χ2n) is 7.26. The van der Waals surface area contributed by atoms with Gasteiger partial charge in [-0.15, -0.1) is 6.58 Å². The first-order valence-electron chi connectivity index (χ1n) is 10.5. The van der Waals surface area contributed by atoms with Crippen LogP contribution in [0.15, 0.2) is 101 Å². The molecule has 0 saturated heterocycles. The van der Waals surface area contributed by atoms with Crippen LogP contribution in [0, 0.1) is 0 Å². The molecule has 3 aromatic carbocycles. The topological polar surface area (TPSA) is 73.2 Å². The van der Waals surface area contributed by atoms with Gasteiger partial charge in [0.05, 0.1) is 21.8 Å². The van der Waals surface area contributed by atoms with Gasteiger partial charge < -0.3 is 10.1 Å². The van der Waals surface area contributed by atoms with E-state index in [1.54, 1.807) is 37.3 Å². The second-order valence-corrected chi connectivity index (χ2v) is 8.56.